The fraction of sp³-hybridized carbons (Fsp3) is 0.0714. The fourth-order valence-corrected chi connectivity index (χ4v) is 1.73. The predicted octanol–water partition coefficient (Wildman–Crippen LogP) is 3.82. The Labute approximate surface area is 103 Å². The highest BCUT2D eigenvalue weighted by Gasteiger charge is 1.94. The molecule has 0 unspecified atom stereocenters. The molecule has 0 heterocycles. The molecule has 0 fully saturated rings. The van der Waals surface area contributed by atoms with E-state index in [9.17, 15) is 4.79 Å². The number of alkyl halides is 1. The van der Waals surface area contributed by atoms with Crippen molar-refractivity contribution in [2.45, 2.75) is 0 Å². The van der Waals surface area contributed by atoms with Crippen LogP contribution in [-0.4, -0.2) is 11.1 Å². The molecular formula is C14H11BrO. The molecule has 1 nitrogen and oxygen atoms in total. The molecule has 0 atom stereocenters. The summed E-state index contributed by atoms with van der Waals surface area (Å²) in [5, 5.41) is 2.78. The van der Waals surface area contributed by atoms with E-state index in [1.54, 1.807) is 6.08 Å². The first-order valence-electron chi connectivity index (χ1n) is 5.05. The molecular weight excluding hydrogens is 264 g/mol. The van der Waals surface area contributed by atoms with Crippen molar-refractivity contribution in [3.05, 3.63) is 54.1 Å². The minimum absolute atomic E-state index is 0.0770. The number of fused-ring (bicyclic) bond motifs is 1. The van der Waals surface area contributed by atoms with Gasteiger partial charge in [0.15, 0.2) is 5.78 Å². The number of hydrogen-bond acceptors (Lipinski definition) is 1. The standard InChI is InChI=1S/C14H11BrO/c15-10-14(16)8-6-11-5-7-12-3-1-2-4-13(12)9-11/h1-9H,10H2/b8-6+. The Kier molecular flexibility index (Phi) is 3.52. The molecule has 0 aliphatic heterocycles. The van der Waals surface area contributed by atoms with Crippen molar-refractivity contribution in [3.8, 4) is 0 Å². The summed E-state index contributed by atoms with van der Waals surface area (Å²) in [6.07, 6.45) is 3.44. The van der Waals surface area contributed by atoms with Crippen LogP contribution in [0.25, 0.3) is 16.8 Å². The lowest BCUT2D eigenvalue weighted by Crippen LogP contribution is -1.91. The summed E-state index contributed by atoms with van der Waals surface area (Å²) in [7, 11) is 0. The molecule has 2 aromatic carbocycles. The van der Waals surface area contributed by atoms with Gasteiger partial charge in [0.25, 0.3) is 0 Å². The van der Waals surface area contributed by atoms with Crippen LogP contribution in [0.3, 0.4) is 0 Å². The Bertz CT molecular complexity index is 543. The third-order valence-electron chi connectivity index (χ3n) is 2.37. The van der Waals surface area contributed by atoms with E-state index in [1.807, 2.05) is 24.3 Å². The van der Waals surface area contributed by atoms with Crippen LogP contribution in [0.1, 0.15) is 5.56 Å². The smallest absolute Gasteiger partial charge is 0.166 e. The Morgan fingerprint density at radius 3 is 2.62 bits per heavy atom. The van der Waals surface area contributed by atoms with Gasteiger partial charge in [-0.2, -0.15) is 0 Å². The van der Waals surface area contributed by atoms with Crippen LogP contribution in [0.2, 0.25) is 0 Å². The van der Waals surface area contributed by atoms with E-state index in [0.29, 0.717) is 5.33 Å². The Morgan fingerprint density at radius 1 is 1.12 bits per heavy atom. The summed E-state index contributed by atoms with van der Waals surface area (Å²) >= 11 is 3.13. The molecule has 0 N–H and O–H groups in total. The molecule has 0 spiro atoms. The maximum Gasteiger partial charge on any atom is 0.166 e. The molecule has 0 saturated heterocycles. The van der Waals surface area contributed by atoms with Crippen molar-refractivity contribution in [3.63, 3.8) is 0 Å². The van der Waals surface area contributed by atoms with Gasteiger partial charge in [-0.1, -0.05) is 58.4 Å². The number of hydrogen-bond donors (Lipinski definition) is 0. The first-order valence-corrected chi connectivity index (χ1v) is 6.17. The lowest BCUT2D eigenvalue weighted by atomic mass is 10.1. The average Bonchev–Trinajstić information content (AvgIpc) is 2.35. The summed E-state index contributed by atoms with van der Waals surface area (Å²) in [6, 6.07) is 14.3. The minimum Gasteiger partial charge on any atom is -0.294 e. The summed E-state index contributed by atoms with van der Waals surface area (Å²) < 4.78 is 0. The van der Waals surface area contributed by atoms with Crippen LogP contribution in [0.5, 0.6) is 0 Å². The minimum atomic E-state index is 0.0770. The van der Waals surface area contributed by atoms with Crippen molar-refractivity contribution in [1.29, 1.82) is 0 Å². The Morgan fingerprint density at radius 2 is 1.88 bits per heavy atom. The van der Waals surface area contributed by atoms with Crippen LogP contribution in [0, 0.1) is 0 Å². The molecule has 0 amide bonds. The quantitative estimate of drug-likeness (QED) is 0.614. The zero-order valence-electron chi connectivity index (χ0n) is 8.69. The third-order valence-corrected chi connectivity index (χ3v) is 2.92. The molecule has 0 aliphatic carbocycles. The lowest BCUT2D eigenvalue weighted by molar-refractivity contribution is -0.112. The largest absolute Gasteiger partial charge is 0.294 e. The fourth-order valence-electron chi connectivity index (χ4n) is 1.55. The summed E-state index contributed by atoms with van der Waals surface area (Å²) in [4.78, 5) is 11.1. The number of carbonyl (C=O) groups excluding carboxylic acids is 1. The molecule has 2 heteroatoms. The van der Waals surface area contributed by atoms with Gasteiger partial charge < -0.3 is 0 Å². The first-order chi connectivity index (χ1) is 7.79. The highest BCUT2D eigenvalue weighted by Crippen LogP contribution is 2.16. The number of benzene rings is 2. The van der Waals surface area contributed by atoms with Crippen molar-refractivity contribution in [1.82, 2.24) is 0 Å². The second kappa shape index (κ2) is 5.08. The topological polar surface area (TPSA) is 17.1 Å². The van der Waals surface area contributed by atoms with Gasteiger partial charge in [-0.25, -0.2) is 0 Å². The van der Waals surface area contributed by atoms with Gasteiger partial charge in [0, 0.05) is 0 Å². The van der Waals surface area contributed by atoms with Gasteiger partial charge in [-0.3, -0.25) is 4.79 Å². The van der Waals surface area contributed by atoms with E-state index >= 15 is 0 Å². The predicted molar refractivity (Wildman–Crippen MR) is 71.8 cm³/mol. The number of halogens is 1. The van der Waals surface area contributed by atoms with E-state index in [2.05, 4.69) is 40.2 Å². The number of carbonyl (C=O) groups is 1. The average molecular weight is 275 g/mol. The molecule has 0 aromatic heterocycles. The van der Waals surface area contributed by atoms with Gasteiger partial charge in [-0.05, 0) is 28.5 Å². The zero-order chi connectivity index (χ0) is 11.4. The van der Waals surface area contributed by atoms with E-state index in [-0.39, 0.29) is 5.78 Å². The van der Waals surface area contributed by atoms with Gasteiger partial charge in [0.05, 0.1) is 5.33 Å². The molecule has 0 bridgehead atoms. The molecule has 0 radical (unpaired) electrons. The van der Waals surface area contributed by atoms with E-state index in [1.165, 1.54) is 10.8 Å². The monoisotopic (exact) mass is 274 g/mol. The van der Waals surface area contributed by atoms with Crippen LogP contribution in [0.4, 0.5) is 0 Å². The molecule has 16 heavy (non-hydrogen) atoms. The van der Waals surface area contributed by atoms with E-state index < -0.39 is 0 Å². The summed E-state index contributed by atoms with van der Waals surface area (Å²) in [5.41, 5.74) is 1.05. The first kappa shape index (κ1) is 11.1. The van der Waals surface area contributed by atoms with Crippen LogP contribution < -0.4 is 0 Å². The van der Waals surface area contributed by atoms with Crippen LogP contribution >= 0.6 is 15.9 Å². The molecule has 0 saturated carbocycles. The SMILES string of the molecule is O=C(/C=C/c1ccc2ccccc2c1)CBr. The van der Waals surface area contributed by atoms with Gasteiger partial charge in [-0.15, -0.1) is 0 Å². The van der Waals surface area contributed by atoms with Crippen molar-refractivity contribution >= 4 is 38.6 Å². The van der Waals surface area contributed by atoms with Gasteiger partial charge in [0.1, 0.15) is 0 Å². The van der Waals surface area contributed by atoms with Crippen molar-refractivity contribution in [2.75, 3.05) is 5.33 Å². The second-order valence-corrected chi connectivity index (χ2v) is 4.10. The highest BCUT2D eigenvalue weighted by atomic mass is 79.9. The molecule has 80 valence electrons. The highest BCUT2D eigenvalue weighted by molar-refractivity contribution is 9.09. The summed E-state index contributed by atoms with van der Waals surface area (Å²) in [6.45, 7) is 0. The van der Waals surface area contributed by atoms with Crippen molar-refractivity contribution in [2.24, 2.45) is 0 Å². The maximum absolute atomic E-state index is 11.1. The van der Waals surface area contributed by atoms with Crippen LogP contribution in [0.15, 0.2) is 48.5 Å². The van der Waals surface area contributed by atoms with Crippen molar-refractivity contribution < 1.29 is 4.79 Å². The Balaban J connectivity index is 2.33. The molecule has 2 rings (SSSR count). The third kappa shape index (κ3) is 2.58. The molecule has 0 aliphatic rings. The van der Waals surface area contributed by atoms with Gasteiger partial charge >= 0.3 is 0 Å². The van der Waals surface area contributed by atoms with Gasteiger partial charge in [0.2, 0.25) is 0 Å². The maximum atomic E-state index is 11.1. The zero-order valence-corrected chi connectivity index (χ0v) is 10.3. The van der Waals surface area contributed by atoms with E-state index in [4.69, 9.17) is 0 Å². The second-order valence-electron chi connectivity index (χ2n) is 3.54. The van der Waals surface area contributed by atoms with E-state index in [0.717, 1.165) is 5.56 Å². The Hall–Kier alpha value is -1.41. The summed E-state index contributed by atoms with van der Waals surface area (Å²) in [5.74, 6) is 0.0770. The number of allylic oxidation sites excluding steroid dienone is 1. The lowest BCUT2D eigenvalue weighted by Gasteiger charge is -1.98. The number of rotatable bonds is 3. The normalized spacial score (nSPS) is 11.1. The van der Waals surface area contributed by atoms with Crippen LogP contribution in [-0.2, 0) is 4.79 Å². The number of ketones is 1. The molecule has 2 aromatic rings.